The number of fused-ring (bicyclic) bond motifs is 1. The van der Waals surface area contributed by atoms with Crippen LogP contribution in [0.5, 0.6) is 0 Å². The summed E-state index contributed by atoms with van der Waals surface area (Å²) in [7, 11) is 0. The second-order valence-corrected chi connectivity index (χ2v) is 6.62. The first-order chi connectivity index (χ1) is 9.72. The van der Waals surface area contributed by atoms with E-state index in [2.05, 4.69) is 61.5 Å². The molecule has 0 amide bonds. The molecule has 0 radical (unpaired) electrons. The number of hydrogen-bond acceptors (Lipinski definition) is 4. The van der Waals surface area contributed by atoms with Crippen LogP contribution >= 0.6 is 15.9 Å². The summed E-state index contributed by atoms with van der Waals surface area (Å²) in [5.74, 6) is 0.999. The minimum atomic E-state index is 0.247. The molecule has 2 heterocycles. The molecule has 0 saturated heterocycles. The van der Waals surface area contributed by atoms with Crippen LogP contribution in [-0.2, 0) is 13.1 Å². The Morgan fingerprint density at radius 3 is 2.85 bits per heavy atom. The lowest BCUT2D eigenvalue weighted by atomic mass is 10.1. The first-order valence-electron chi connectivity index (χ1n) is 7.01. The molecule has 2 aromatic rings. The standard InChI is InChI=1S/C14H16BrN5/c1-9(14-16-17-18-20(14)13-4-5-13)19-7-10-2-3-12(15)6-11(10)8-19/h2-3,6,9,13H,4-5,7-8H2,1H3/t9-/m1/s1. The second-order valence-electron chi connectivity index (χ2n) is 5.71. The molecular formula is C14H16BrN5. The number of hydrogen-bond donors (Lipinski definition) is 0. The number of rotatable bonds is 3. The fourth-order valence-corrected chi connectivity index (χ4v) is 3.29. The molecule has 1 atom stereocenters. The largest absolute Gasteiger partial charge is 0.285 e. The summed E-state index contributed by atoms with van der Waals surface area (Å²) in [6, 6.07) is 7.31. The van der Waals surface area contributed by atoms with E-state index < -0.39 is 0 Å². The lowest BCUT2D eigenvalue weighted by molar-refractivity contribution is 0.201. The summed E-state index contributed by atoms with van der Waals surface area (Å²) in [5, 5.41) is 12.3. The third kappa shape index (κ3) is 2.07. The van der Waals surface area contributed by atoms with E-state index in [1.165, 1.54) is 24.0 Å². The summed E-state index contributed by atoms with van der Waals surface area (Å²) in [6.45, 7) is 4.14. The Balaban J connectivity index is 1.58. The molecule has 1 aliphatic carbocycles. The van der Waals surface area contributed by atoms with Crippen molar-refractivity contribution in [2.24, 2.45) is 0 Å². The highest BCUT2D eigenvalue weighted by Crippen LogP contribution is 2.37. The first-order valence-corrected chi connectivity index (χ1v) is 7.81. The Kier molecular flexibility index (Phi) is 2.89. The second kappa shape index (κ2) is 4.63. The van der Waals surface area contributed by atoms with E-state index in [1.807, 2.05) is 4.68 Å². The molecule has 1 fully saturated rings. The van der Waals surface area contributed by atoms with Crippen LogP contribution in [0.2, 0.25) is 0 Å². The van der Waals surface area contributed by atoms with E-state index in [4.69, 9.17) is 0 Å². The maximum Gasteiger partial charge on any atom is 0.168 e. The highest BCUT2D eigenvalue weighted by atomic mass is 79.9. The van der Waals surface area contributed by atoms with Crippen LogP contribution in [0.1, 0.15) is 48.8 Å². The molecule has 104 valence electrons. The molecule has 0 spiro atoms. The van der Waals surface area contributed by atoms with Gasteiger partial charge in [-0.15, -0.1) is 5.10 Å². The lowest BCUT2D eigenvalue weighted by Crippen LogP contribution is -2.24. The average molecular weight is 334 g/mol. The summed E-state index contributed by atoms with van der Waals surface area (Å²) in [6.07, 6.45) is 2.41. The Morgan fingerprint density at radius 2 is 2.05 bits per heavy atom. The summed E-state index contributed by atoms with van der Waals surface area (Å²) in [4.78, 5) is 2.43. The smallest absolute Gasteiger partial charge is 0.168 e. The van der Waals surface area contributed by atoms with E-state index >= 15 is 0 Å². The molecule has 20 heavy (non-hydrogen) atoms. The van der Waals surface area contributed by atoms with Gasteiger partial charge in [-0.3, -0.25) is 4.90 Å². The van der Waals surface area contributed by atoms with Crippen LogP contribution in [0.25, 0.3) is 0 Å². The summed E-state index contributed by atoms with van der Waals surface area (Å²) in [5.41, 5.74) is 2.81. The number of aromatic nitrogens is 4. The van der Waals surface area contributed by atoms with Gasteiger partial charge in [-0.2, -0.15) is 0 Å². The third-order valence-electron chi connectivity index (χ3n) is 4.25. The van der Waals surface area contributed by atoms with E-state index in [1.54, 1.807) is 0 Å². The van der Waals surface area contributed by atoms with Gasteiger partial charge in [-0.1, -0.05) is 22.0 Å². The molecule has 1 aliphatic heterocycles. The van der Waals surface area contributed by atoms with Gasteiger partial charge in [-0.25, -0.2) is 4.68 Å². The molecule has 4 rings (SSSR count). The minimum Gasteiger partial charge on any atom is -0.285 e. The molecule has 2 aliphatic rings. The fourth-order valence-electron chi connectivity index (χ4n) is 2.88. The molecule has 0 N–H and O–H groups in total. The van der Waals surface area contributed by atoms with Gasteiger partial charge in [-0.05, 0) is 53.5 Å². The van der Waals surface area contributed by atoms with Gasteiger partial charge in [0.05, 0.1) is 12.1 Å². The van der Waals surface area contributed by atoms with Crippen molar-refractivity contribution < 1.29 is 0 Å². The predicted octanol–water partition coefficient (Wildman–Crippen LogP) is 2.85. The molecule has 5 nitrogen and oxygen atoms in total. The van der Waals surface area contributed by atoms with Crippen LogP contribution in [-0.4, -0.2) is 25.1 Å². The quantitative estimate of drug-likeness (QED) is 0.866. The van der Waals surface area contributed by atoms with Crippen LogP contribution in [0.4, 0.5) is 0 Å². The fraction of sp³-hybridized carbons (Fsp3) is 0.500. The third-order valence-corrected chi connectivity index (χ3v) is 4.74. The van der Waals surface area contributed by atoms with Crippen LogP contribution < -0.4 is 0 Å². The Bertz CT molecular complexity index is 649. The van der Waals surface area contributed by atoms with E-state index in [0.29, 0.717) is 6.04 Å². The zero-order valence-electron chi connectivity index (χ0n) is 11.3. The highest BCUT2D eigenvalue weighted by Gasteiger charge is 2.33. The zero-order chi connectivity index (χ0) is 13.7. The van der Waals surface area contributed by atoms with Crippen molar-refractivity contribution in [3.8, 4) is 0 Å². The van der Waals surface area contributed by atoms with Crippen molar-refractivity contribution in [3.05, 3.63) is 39.6 Å². The number of benzene rings is 1. The van der Waals surface area contributed by atoms with Gasteiger partial charge in [0.15, 0.2) is 5.82 Å². The Hall–Kier alpha value is -1.27. The average Bonchev–Trinajstić information content (AvgIpc) is 3.02. The molecule has 1 aromatic carbocycles. The van der Waals surface area contributed by atoms with E-state index in [0.717, 1.165) is 23.4 Å². The molecule has 0 bridgehead atoms. The minimum absolute atomic E-state index is 0.247. The SMILES string of the molecule is C[C@H](c1nnnn1C1CC1)N1Cc2ccc(Br)cc2C1. The number of halogens is 1. The predicted molar refractivity (Wildman–Crippen MR) is 77.9 cm³/mol. The zero-order valence-corrected chi connectivity index (χ0v) is 12.9. The van der Waals surface area contributed by atoms with Gasteiger partial charge in [0.25, 0.3) is 0 Å². The van der Waals surface area contributed by atoms with Crippen molar-refractivity contribution in [1.29, 1.82) is 0 Å². The molecule has 1 saturated carbocycles. The van der Waals surface area contributed by atoms with Crippen molar-refractivity contribution in [1.82, 2.24) is 25.1 Å². The van der Waals surface area contributed by atoms with Gasteiger partial charge < -0.3 is 0 Å². The van der Waals surface area contributed by atoms with Crippen LogP contribution in [0.15, 0.2) is 22.7 Å². The normalized spacial score (nSPS) is 20.1. The van der Waals surface area contributed by atoms with Gasteiger partial charge >= 0.3 is 0 Å². The topological polar surface area (TPSA) is 46.8 Å². The van der Waals surface area contributed by atoms with Gasteiger partial charge in [0.2, 0.25) is 0 Å². The van der Waals surface area contributed by atoms with Gasteiger partial charge in [0.1, 0.15) is 0 Å². The maximum atomic E-state index is 4.25. The maximum absolute atomic E-state index is 4.25. The highest BCUT2D eigenvalue weighted by molar-refractivity contribution is 9.10. The van der Waals surface area contributed by atoms with Crippen molar-refractivity contribution >= 4 is 15.9 Å². The monoisotopic (exact) mass is 333 g/mol. The Labute approximate surface area is 126 Å². The molecular weight excluding hydrogens is 318 g/mol. The van der Waals surface area contributed by atoms with Crippen LogP contribution in [0.3, 0.4) is 0 Å². The summed E-state index contributed by atoms with van der Waals surface area (Å²) < 4.78 is 3.16. The lowest BCUT2D eigenvalue weighted by Gasteiger charge is -2.22. The Morgan fingerprint density at radius 1 is 1.25 bits per heavy atom. The van der Waals surface area contributed by atoms with E-state index in [-0.39, 0.29) is 6.04 Å². The van der Waals surface area contributed by atoms with Crippen LogP contribution in [0, 0.1) is 0 Å². The van der Waals surface area contributed by atoms with E-state index in [9.17, 15) is 0 Å². The number of tetrazole rings is 1. The molecule has 1 aromatic heterocycles. The first kappa shape index (κ1) is 12.5. The molecule has 6 heteroatoms. The van der Waals surface area contributed by atoms with Crippen molar-refractivity contribution in [3.63, 3.8) is 0 Å². The summed E-state index contributed by atoms with van der Waals surface area (Å²) >= 11 is 3.54. The number of nitrogens with zero attached hydrogens (tertiary/aromatic N) is 5. The van der Waals surface area contributed by atoms with Gasteiger partial charge in [0, 0.05) is 17.6 Å². The van der Waals surface area contributed by atoms with Crippen molar-refractivity contribution in [2.75, 3.05) is 0 Å². The molecule has 0 unspecified atom stereocenters. The van der Waals surface area contributed by atoms with Crippen molar-refractivity contribution in [2.45, 2.75) is 44.9 Å².